The summed E-state index contributed by atoms with van der Waals surface area (Å²) in [6.07, 6.45) is 0. The standard InChI is InChI=1S/C12H11ClN2O2S3/c13-11-3-4-12(19-11)20(16,17)15-8-10-9(2-1-6-14)5-7-18-10/h3-5,7,15H,6,8,14H2. The van der Waals surface area contributed by atoms with Crippen molar-refractivity contribution in [3.8, 4) is 11.8 Å². The first-order chi connectivity index (χ1) is 9.53. The van der Waals surface area contributed by atoms with Gasteiger partial charge in [-0.05, 0) is 23.6 Å². The Morgan fingerprint density at radius 3 is 2.80 bits per heavy atom. The minimum Gasteiger partial charge on any atom is -0.320 e. The molecule has 0 radical (unpaired) electrons. The Morgan fingerprint density at radius 1 is 1.35 bits per heavy atom. The summed E-state index contributed by atoms with van der Waals surface area (Å²) in [4.78, 5) is 0.858. The van der Waals surface area contributed by atoms with Gasteiger partial charge in [0, 0.05) is 17.0 Å². The third-order valence-corrected chi connectivity index (χ3v) is 6.35. The van der Waals surface area contributed by atoms with Crippen LogP contribution in [0.5, 0.6) is 0 Å². The Morgan fingerprint density at radius 2 is 2.15 bits per heavy atom. The van der Waals surface area contributed by atoms with E-state index < -0.39 is 10.0 Å². The molecule has 8 heteroatoms. The van der Waals surface area contributed by atoms with Crippen molar-refractivity contribution in [3.63, 3.8) is 0 Å². The summed E-state index contributed by atoms with van der Waals surface area (Å²) < 4.78 is 27.3. The summed E-state index contributed by atoms with van der Waals surface area (Å²) in [5.41, 5.74) is 6.12. The van der Waals surface area contributed by atoms with Crippen molar-refractivity contribution >= 4 is 44.3 Å². The molecule has 3 N–H and O–H groups in total. The fourth-order valence-electron chi connectivity index (χ4n) is 1.41. The Bertz CT molecular complexity index is 753. The first-order valence-corrected chi connectivity index (χ1v) is 9.09. The van der Waals surface area contributed by atoms with Gasteiger partial charge < -0.3 is 5.73 Å². The molecule has 0 atom stereocenters. The van der Waals surface area contributed by atoms with Crippen LogP contribution in [-0.4, -0.2) is 15.0 Å². The van der Waals surface area contributed by atoms with Gasteiger partial charge in [0.05, 0.1) is 10.9 Å². The summed E-state index contributed by atoms with van der Waals surface area (Å²) in [6.45, 7) is 0.471. The highest BCUT2D eigenvalue weighted by atomic mass is 35.5. The van der Waals surface area contributed by atoms with Crippen LogP contribution in [0.1, 0.15) is 10.4 Å². The van der Waals surface area contributed by atoms with Crippen LogP contribution in [0, 0.1) is 11.8 Å². The molecule has 0 saturated carbocycles. The minimum atomic E-state index is -3.53. The molecule has 2 aromatic rings. The molecule has 4 nitrogen and oxygen atoms in total. The second-order valence-corrected chi connectivity index (χ2v) is 8.36. The topological polar surface area (TPSA) is 72.2 Å². The fourth-order valence-corrected chi connectivity index (χ4v) is 4.79. The molecule has 0 saturated heterocycles. The quantitative estimate of drug-likeness (QED) is 0.834. The van der Waals surface area contributed by atoms with Crippen molar-refractivity contribution < 1.29 is 8.42 Å². The van der Waals surface area contributed by atoms with E-state index in [2.05, 4.69) is 16.6 Å². The van der Waals surface area contributed by atoms with Crippen LogP contribution in [0.4, 0.5) is 0 Å². The largest absolute Gasteiger partial charge is 0.320 e. The Kier molecular flexibility index (Phi) is 5.21. The SMILES string of the molecule is NCC#Cc1ccsc1CNS(=O)(=O)c1ccc(Cl)s1. The number of nitrogens with one attached hydrogen (secondary N) is 1. The zero-order valence-corrected chi connectivity index (χ0v) is 13.4. The van der Waals surface area contributed by atoms with Crippen LogP contribution in [0.15, 0.2) is 27.8 Å². The monoisotopic (exact) mass is 346 g/mol. The predicted octanol–water partition coefficient (Wildman–Crippen LogP) is 2.25. The van der Waals surface area contributed by atoms with Gasteiger partial charge in [-0.1, -0.05) is 23.4 Å². The van der Waals surface area contributed by atoms with Gasteiger partial charge in [-0.15, -0.1) is 22.7 Å². The Hall–Kier alpha value is -0.880. The second-order valence-electron chi connectivity index (χ2n) is 3.65. The number of hydrogen-bond acceptors (Lipinski definition) is 5. The van der Waals surface area contributed by atoms with E-state index in [1.807, 2.05) is 11.4 Å². The Balaban J connectivity index is 2.11. The van der Waals surface area contributed by atoms with Crippen molar-refractivity contribution in [2.45, 2.75) is 10.8 Å². The van der Waals surface area contributed by atoms with Crippen molar-refractivity contribution in [1.82, 2.24) is 4.72 Å². The molecule has 0 aliphatic carbocycles. The molecule has 2 heterocycles. The van der Waals surface area contributed by atoms with E-state index in [1.165, 1.54) is 17.4 Å². The van der Waals surface area contributed by atoms with Gasteiger partial charge >= 0.3 is 0 Å². The van der Waals surface area contributed by atoms with Crippen molar-refractivity contribution in [2.75, 3.05) is 6.54 Å². The van der Waals surface area contributed by atoms with Crippen LogP contribution in [-0.2, 0) is 16.6 Å². The molecule has 0 amide bonds. The normalized spacial score (nSPS) is 11.1. The van der Waals surface area contributed by atoms with Crippen molar-refractivity contribution in [3.05, 3.63) is 38.4 Å². The minimum absolute atomic E-state index is 0.199. The molecular weight excluding hydrogens is 336 g/mol. The maximum atomic E-state index is 12.1. The summed E-state index contributed by atoms with van der Waals surface area (Å²) in [7, 11) is -3.53. The van der Waals surface area contributed by atoms with Crippen LogP contribution < -0.4 is 10.5 Å². The molecule has 2 aromatic heterocycles. The van der Waals surface area contributed by atoms with Crippen LogP contribution in [0.3, 0.4) is 0 Å². The van der Waals surface area contributed by atoms with Crippen molar-refractivity contribution in [1.29, 1.82) is 0 Å². The van der Waals surface area contributed by atoms with Gasteiger partial charge in [0.25, 0.3) is 0 Å². The van der Waals surface area contributed by atoms with E-state index >= 15 is 0 Å². The molecule has 0 spiro atoms. The maximum absolute atomic E-state index is 12.1. The number of nitrogens with two attached hydrogens (primary N) is 1. The molecule has 0 aliphatic heterocycles. The smallest absolute Gasteiger partial charge is 0.250 e. The molecule has 0 bridgehead atoms. The third-order valence-electron chi connectivity index (χ3n) is 2.31. The zero-order valence-electron chi connectivity index (χ0n) is 10.2. The molecule has 20 heavy (non-hydrogen) atoms. The number of halogens is 1. The van der Waals surface area contributed by atoms with Crippen LogP contribution >= 0.6 is 34.3 Å². The molecule has 0 aromatic carbocycles. The average molecular weight is 347 g/mol. The highest BCUT2D eigenvalue weighted by molar-refractivity contribution is 7.91. The summed E-state index contributed by atoms with van der Waals surface area (Å²) in [5, 5.41) is 1.87. The molecule has 0 unspecified atom stereocenters. The van der Waals surface area contributed by atoms with Crippen LogP contribution in [0.2, 0.25) is 4.34 Å². The lowest BCUT2D eigenvalue weighted by Gasteiger charge is -2.03. The molecule has 2 rings (SSSR count). The molecule has 0 fully saturated rings. The fraction of sp³-hybridized carbons (Fsp3) is 0.167. The number of sulfonamides is 1. The van der Waals surface area contributed by atoms with E-state index in [-0.39, 0.29) is 17.3 Å². The summed E-state index contributed by atoms with van der Waals surface area (Å²) in [6, 6.07) is 4.89. The van der Waals surface area contributed by atoms with Gasteiger partial charge in [-0.2, -0.15) is 0 Å². The van der Waals surface area contributed by atoms with E-state index in [0.717, 1.165) is 21.8 Å². The van der Waals surface area contributed by atoms with Crippen molar-refractivity contribution in [2.24, 2.45) is 5.73 Å². The Labute approximate surface area is 130 Å². The summed E-state index contributed by atoms with van der Waals surface area (Å²) >= 11 is 8.22. The number of thiophene rings is 2. The van der Waals surface area contributed by atoms with E-state index in [0.29, 0.717) is 4.34 Å². The third kappa shape index (κ3) is 3.82. The first-order valence-electron chi connectivity index (χ1n) is 5.53. The maximum Gasteiger partial charge on any atom is 0.250 e. The lowest BCUT2D eigenvalue weighted by atomic mass is 10.2. The zero-order chi connectivity index (χ0) is 14.6. The molecular formula is C12H11ClN2O2S3. The predicted molar refractivity (Wildman–Crippen MR) is 83.6 cm³/mol. The highest BCUT2D eigenvalue weighted by Gasteiger charge is 2.17. The highest BCUT2D eigenvalue weighted by Crippen LogP contribution is 2.25. The average Bonchev–Trinajstić information content (AvgIpc) is 3.03. The lowest BCUT2D eigenvalue weighted by Crippen LogP contribution is -2.22. The van der Waals surface area contributed by atoms with Gasteiger partial charge in [-0.25, -0.2) is 13.1 Å². The van der Waals surface area contributed by atoms with Crippen LogP contribution in [0.25, 0.3) is 0 Å². The lowest BCUT2D eigenvalue weighted by molar-refractivity contribution is 0.584. The first kappa shape index (κ1) is 15.5. The second kappa shape index (κ2) is 6.72. The van der Waals surface area contributed by atoms with Gasteiger partial charge in [0.15, 0.2) is 0 Å². The van der Waals surface area contributed by atoms with E-state index in [4.69, 9.17) is 17.3 Å². The molecule has 106 valence electrons. The molecule has 0 aliphatic rings. The summed E-state index contributed by atoms with van der Waals surface area (Å²) in [5.74, 6) is 5.67. The van der Waals surface area contributed by atoms with E-state index in [9.17, 15) is 8.42 Å². The van der Waals surface area contributed by atoms with E-state index in [1.54, 1.807) is 6.07 Å². The number of rotatable bonds is 4. The van der Waals surface area contributed by atoms with Gasteiger partial charge in [-0.3, -0.25) is 0 Å². The van der Waals surface area contributed by atoms with Gasteiger partial charge in [0.2, 0.25) is 10.0 Å². The number of hydrogen-bond donors (Lipinski definition) is 2. The van der Waals surface area contributed by atoms with Gasteiger partial charge in [0.1, 0.15) is 4.21 Å².